The van der Waals surface area contributed by atoms with Crippen LogP contribution in [0.5, 0.6) is 0 Å². The number of hydrogen-bond donors (Lipinski definition) is 2. The average molecular weight is 349 g/mol. The lowest BCUT2D eigenvalue weighted by Gasteiger charge is -2.30. The molecule has 6 nitrogen and oxygen atoms in total. The molecule has 0 saturated carbocycles. The SMILES string of the molecule is Cc1nc(C)c(CC(=O)N2CCCc3c(N)cccc32)c(=O)[nH]1.Cl. The Morgan fingerprint density at radius 1 is 1.38 bits per heavy atom. The van der Waals surface area contributed by atoms with Crippen molar-refractivity contribution in [1.29, 1.82) is 0 Å². The van der Waals surface area contributed by atoms with Crippen LogP contribution in [0.15, 0.2) is 23.0 Å². The maximum atomic E-state index is 12.7. The van der Waals surface area contributed by atoms with Crippen molar-refractivity contribution >= 4 is 29.7 Å². The molecule has 3 N–H and O–H groups in total. The summed E-state index contributed by atoms with van der Waals surface area (Å²) in [6, 6.07) is 5.62. The Labute approximate surface area is 146 Å². The first-order chi connectivity index (χ1) is 11.0. The van der Waals surface area contributed by atoms with Crippen molar-refractivity contribution in [2.45, 2.75) is 33.1 Å². The summed E-state index contributed by atoms with van der Waals surface area (Å²) in [5.74, 6) is 0.454. The molecule has 0 saturated heterocycles. The van der Waals surface area contributed by atoms with Gasteiger partial charge in [-0.25, -0.2) is 4.98 Å². The number of carbonyl (C=O) groups excluding carboxylic acids is 1. The van der Waals surface area contributed by atoms with Crippen LogP contribution in [-0.4, -0.2) is 22.4 Å². The van der Waals surface area contributed by atoms with Gasteiger partial charge in [0.1, 0.15) is 5.82 Å². The van der Waals surface area contributed by atoms with E-state index in [1.807, 2.05) is 18.2 Å². The maximum Gasteiger partial charge on any atom is 0.254 e. The van der Waals surface area contributed by atoms with Gasteiger partial charge in [-0.3, -0.25) is 9.59 Å². The number of benzene rings is 1. The third kappa shape index (κ3) is 3.28. The van der Waals surface area contributed by atoms with Crippen molar-refractivity contribution < 1.29 is 4.79 Å². The Hall–Kier alpha value is -2.34. The van der Waals surface area contributed by atoms with Crippen molar-refractivity contribution in [3.8, 4) is 0 Å². The zero-order valence-corrected chi connectivity index (χ0v) is 14.6. The number of fused-ring (bicyclic) bond motifs is 1. The van der Waals surface area contributed by atoms with Crippen LogP contribution >= 0.6 is 12.4 Å². The highest BCUT2D eigenvalue weighted by molar-refractivity contribution is 5.96. The van der Waals surface area contributed by atoms with Gasteiger partial charge < -0.3 is 15.6 Å². The Bertz CT molecular complexity index is 832. The van der Waals surface area contributed by atoms with Crippen LogP contribution in [0.1, 0.15) is 29.1 Å². The molecule has 0 unspecified atom stereocenters. The molecule has 0 radical (unpaired) electrons. The second-order valence-electron chi connectivity index (χ2n) is 5.89. The fourth-order valence-electron chi connectivity index (χ4n) is 3.12. The zero-order chi connectivity index (χ0) is 16.6. The highest BCUT2D eigenvalue weighted by Crippen LogP contribution is 2.31. The molecule has 1 aliphatic rings. The summed E-state index contributed by atoms with van der Waals surface area (Å²) in [4.78, 5) is 33.5. The number of rotatable bonds is 2. The van der Waals surface area contributed by atoms with Crippen LogP contribution in [0.25, 0.3) is 0 Å². The number of hydrogen-bond acceptors (Lipinski definition) is 4. The number of halogens is 1. The molecule has 3 rings (SSSR count). The fourth-order valence-corrected chi connectivity index (χ4v) is 3.12. The monoisotopic (exact) mass is 348 g/mol. The molecule has 24 heavy (non-hydrogen) atoms. The van der Waals surface area contributed by atoms with Gasteiger partial charge in [0.25, 0.3) is 5.56 Å². The van der Waals surface area contributed by atoms with E-state index in [9.17, 15) is 9.59 Å². The molecule has 1 aromatic heterocycles. The van der Waals surface area contributed by atoms with Crippen LogP contribution in [0, 0.1) is 13.8 Å². The lowest BCUT2D eigenvalue weighted by molar-refractivity contribution is -0.118. The van der Waals surface area contributed by atoms with E-state index in [4.69, 9.17) is 5.73 Å². The Kier molecular flexibility index (Phi) is 5.29. The molecule has 1 aromatic carbocycles. The lowest BCUT2D eigenvalue weighted by Crippen LogP contribution is -2.38. The highest BCUT2D eigenvalue weighted by Gasteiger charge is 2.25. The predicted octanol–water partition coefficient (Wildman–Crippen LogP) is 1.91. The van der Waals surface area contributed by atoms with Gasteiger partial charge >= 0.3 is 0 Å². The van der Waals surface area contributed by atoms with Gasteiger partial charge in [0, 0.05) is 29.2 Å². The topological polar surface area (TPSA) is 92.1 Å². The fraction of sp³-hybridized carbons (Fsp3) is 0.353. The molecule has 0 fully saturated rings. The van der Waals surface area contributed by atoms with Crippen molar-refractivity contribution in [3.05, 3.63) is 51.2 Å². The average Bonchev–Trinajstić information content (AvgIpc) is 2.50. The number of carbonyl (C=O) groups is 1. The Morgan fingerprint density at radius 3 is 2.83 bits per heavy atom. The van der Waals surface area contributed by atoms with E-state index in [-0.39, 0.29) is 30.3 Å². The van der Waals surface area contributed by atoms with Crippen LogP contribution in [0.2, 0.25) is 0 Å². The van der Waals surface area contributed by atoms with Crippen molar-refractivity contribution in [2.75, 3.05) is 17.2 Å². The third-order valence-corrected chi connectivity index (χ3v) is 4.26. The van der Waals surface area contributed by atoms with Crippen molar-refractivity contribution in [2.24, 2.45) is 0 Å². The van der Waals surface area contributed by atoms with Crippen molar-refractivity contribution in [1.82, 2.24) is 9.97 Å². The van der Waals surface area contributed by atoms with E-state index in [2.05, 4.69) is 9.97 Å². The molecule has 0 bridgehead atoms. The molecule has 128 valence electrons. The second kappa shape index (κ2) is 7.05. The van der Waals surface area contributed by atoms with Crippen LogP contribution < -0.4 is 16.2 Å². The first-order valence-electron chi connectivity index (χ1n) is 7.71. The van der Waals surface area contributed by atoms with Gasteiger partial charge in [-0.1, -0.05) is 6.07 Å². The van der Waals surface area contributed by atoms with E-state index < -0.39 is 0 Å². The number of aromatic amines is 1. The molecule has 0 spiro atoms. The number of aromatic nitrogens is 2. The maximum absolute atomic E-state index is 12.7. The standard InChI is InChI=1S/C17H20N4O2.ClH/c1-10-13(17(23)20-11(2)19-10)9-16(22)21-8-4-5-12-14(18)6-3-7-15(12)21;/h3,6-7H,4-5,8-9,18H2,1-2H3,(H,19,20,23);1H. The number of H-pyrrole nitrogens is 1. The quantitative estimate of drug-likeness (QED) is 0.811. The minimum Gasteiger partial charge on any atom is -0.398 e. The summed E-state index contributed by atoms with van der Waals surface area (Å²) >= 11 is 0. The molecule has 1 aliphatic heterocycles. The number of amides is 1. The van der Waals surface area contributed by atoms with Gasteiger partial charge in [-0.05, 0) is 44.4 Å². The Morgan fingerprint density at radius 2 is 2.12 bits per heavy atom. The number of nitrogens with two attached hydrogens (primary N) is 1. The largest absolute Gasteiger partial charge is 0.398 e. The van der Waals surface area contributed by atoms with E-state index >= 15 is 0 Å². The summed E-state index contributed by atoms with van der Waals surface area (Å²) in [6.07, 6.45) is 1.79. The van der Waals surface area contributed by atoms with E-state index in [1.165, 1.54) is 0 Å². The van der Waals surface area contributed by atoms with E-state index in [0.717, 1.165) is 24.1 Å². The number of anilines is 2. The number of nitrogens with zero attached hydrogens (tertiary/aromatic N) is 2. The Balaban J connectivity index is 0.00000208. The molecular weight excluding hydrogens is 328 g/mol. The van der Waals surface area contributed by atoms with Gasteiger partial charge in [0.15, 0.2) is 0 Å². The molecule has 7 heteroatoms. The van der Waals surface area contributed by atoms with E-state index in [1.54, 1.807) is 18.7 Å². The number of nitrogens with one attached hydrogen (secondary N) is 1. The minimum atomic E-state index is -0.242. The van der Waals surface area contributed by atoms with Crippen LogP contribution in [0.4, 0.5) is 11.4 Å². The summed E-state index contributed by atoms with van der Waals surface area (Å²) in [5, 5.41) is 0. The summed E-state index contributed by atoms with van der Waals surface area (Å²) in [6.45, 7) is 4.13. The van der Waals surface area contributed by atoms with Crippen molar-refractivity contribution in [3.63, 3.8) is 0 Å². The first-order valence-corrected chi connectivity index (χ1v) is 7.71. The molecular formula is C17H21ClN4O2. The minimum absolute atomic E-state index is 0. The van der Waals surface area contributed by atoms with Gasteiger partial charge in [0.05, 0.1) is 6.42 Å². The molecule has 1 amide bonds. The molecule has 0 aliphatic carbocycles. The normalized spacial score (nSPS) is 13.2. The second-order valence-corrected chi connectivity index (χ2v) is 5.89. The predicted molar refractivity (Wildman–Crippen MR) is 96.8 cm³/mol. The third-order valence-electron chi connectivity index (χ3n) is 4.26. The molecule has 2 heterocycles. The zero-order valence-electron chi connectivity index (χ0n) is 13.8. The lowest BCUT2D eigenvalue weighted by atomic mass is 9.99. The van der Waals surface area contributed by atoms with Crippen LogP contribution in [0.3, 0.4) is 0 Å². The first kappa shape index (κ1) is 18.0. The smallest absolute Gasteiger partial charge is 0.254 e. The summed E-state index contributed by atoms with van der Waals surface area (Å²) in [7, 11) is 0. The van der Waals surface area contributed by atoms with Gasteiger partial charge in [-0.15, -0.1) is 12.4 Å². The summed E-state index contributed by atoms with van der Waals surface area (Å²) in [5.41, 5.74) is 9.39. The van der Waals surface area contributed by atoms with Gasteiger partial charge in [-0.2, -0.15) is 0 Å². The molecule has 0 atom stereocenters. The number of nitrogen functional groups attached to an aromatic ring is 1. The molecule has 2 aromatic rings. The summed E-state index contributed by atoms with van der Waals surface area (Å²) < 4.78 is 0. The highest BCUT2D eigenvalue weighted by atomic mass is 35.5. The number of aryl methyl sites for hydroxylation is 2. The van der Waals surface area contributed by atoms with Crippen LogP contribution in [-0.2, 0) is 17.6 Å². The van der Waals surface area contributed by atoms with Gasteiger partial charge in [0.2, 0.25) is 5.91 Å². The van der Waals surface area contributed by atoms with E-state index in [0.29, 0.717) is 29.3 Å².